The van der Waals surface area contributed by atoms with Gasteiger partial charge in [-0.1, -0.05) is 24.3 Å². The Balaban J connectivity index is 1.71. The highest BCUT2D eigenvalue weighted by Crippen LogP contribution is 2.33. The van der Waals surface area contributed by atoms with Gasteiger partial charge in [0.25, 0.3) is 0 Å². The number of aromatic nitrogens is 2. The molecule has 2 N–H and O–H groups in total. The van der Waals surface area contributed by atoms with Crippen LogP contribution in [-0.2, 0) is 15.5 Å². The first-order valence-corrected chi connectivity index (χ1v) is 10.8. The van der Waals surface area contributed by atoms with Crippen LogP contribution in [0.4, 0.5) is 19.7 Å². The average molecular weight is 472 g/mol. The Kier molecular flexibility index (Phi) is 7.62. The molecular formula is C23H23F2N5O2S. The molecule has 0 unspecified atom stereocenters. The summed E-state index contributed by atoms with van der Waals surface area (Å²) in [5.74, 6) is -5.19. The molecule has 2 heterocycles. The lowest BCUT2D eigenvalue weighted by molar-refractivity contribution is -0.140. The van der Waals surface area contributed by atoms with E-state index in [4.69, 9.17) is 0 Å². The highest BCUT2D eigenvalue weighted by molar-refractivity contribution is 7.15. The maximum absolute atomic E-state index is 14.8. The monoisotopic (exact) mass is 471 g/mol. The van der Waals surface area contributed by atoms with E-state index in [2.05, 4.69) is 20.6 Å². The highest BCUT2D eigenvalue weighted by atomic mass is 32.1. The molecule has 172 valence electrons. The molecule has 2 aromatic heterocycles. The van der Waals surface area contributed by atoms with Crippen LogP contribution in [0.2, 0.25) is 0 Å². The van der Waals surface area contributed by atoms with E-state index in [-0.39, 0.29) is 11.0 Å². The molecule has 0 bridgehead atoms. The van der Waals surface area contributed by atoms with E-state index in [1.165, 1.54) is 36.7 Å². The molecule has 0 aliphatic carbocycles. The second-order valence-electron chi connectivity index (χ2n) is 7.47. The van der Waals surface area contributed by atoms with Gasteiger partial charge < -0.3 is 10.2 Å². The number of aryl methyl sites for hydroxylation is 1. The van der Waals surface area contributed by atoms with Gasteiger partial charge in [0.1, 0.15) is 5.82 Å². The third-order valence-electron chi connectivity index (χ3n) is 4.44. The van der Waals surface area contributed by atoms with Gasteiger partial charge in [0.15, 0.2) is 5.13 Å². The number of anilines is 2. The number of hydrogen-bond acceptors (Lipinski definition) is 6. The van der Waals surface area contributed by atoms with Gasteiger partial charge in [-0.05, 0) is 44.8 Å². The molecule has 0 aliphatic heterocycles. The molecule has 7 nitrogen and oxygen atoms in total. The molecule has 0 spiro atoms. The molecule has 0 radical (unpaired) electrons. The lowest BCUT2D eigenvalue weighted by atomic mass is 10.0. The Morgan fingerprint density at radius 3 is 2.52 bits per heavy atom. The van der Waals surface area contributed by atoms with Gasteiger partial charge in [-0.2, -0.15) is 8.78 Å². The number of carbonyl (C=O) groups excluding carboxylic acids is 2. The van der Waals surface area contributed by atoms with Crippen LogP contribution >= 0.6 is 11.3 Å². The Morgan fingerprint density at radius 1 is 1.09 bits per heavy atom. The fourth-order valence-corrected chi connectivity index (χ4v) is 3.45. The molecule has 3 aromatic rings. The lowest BCUT2D eigenvalue weighted by Crippen LogP contribution is -2.32. The van der Waals surface area contributed by atoms with Gasteiger partial charge in [0.05, 0.1) is 0 Å². The van der Waals surface area contributed by atoms with Gasteiger partial charge in [0.2, 0.25) is 5.91 Å². The summed E-state index contributed by atoms with van der Waals surface area (Å²) < 4.78 is 29.6. The number of carbonyl (C=O) groups is 2. The van der Waals surface area contributed by atoms with E-state index in [9.17, 15) is 18.4 Å². The normalized spacial score (nSPS) is 11.7. The maximum atomic E-state index is 14.8. The summed E-state index contributed by atoms with van der Waals surface area (Å²) in [6, 6.07) is 8.76. The van der Waals surface area contributed by atoms with E-state index in [0.29, 0.717) is 23.5 Å². The predicted molar refractivity (Wildman–Crippen MR) is 125 cm³/mol. The van der Waals surface area contributed by atoms with Crippen molar-refractivity contribution in [1.29, 1.82) is 0 Å². The fraction of sp³-hybridized carbons (Fsp3) is 0.217. The number of likely N-dealkylation sites (N-methyl/N-ethyl adjacent to an activating group) is 1. The zero-order valence-electron chi connectivity index (χ0n) is 18.3. The number of nitrogens with zero attached hydrogens (tertiary/aromatic N) is 3. The first kappa shape index (κ1) is 24.1. The van der Waals surface area contributed by atoms with E-state index in [1.54, 1.807) is 31.2 Å². The van der Waals surface area contributed by atoms with E-state index in [1.807, 2.05) is 19.0 Å². The van der Waals surface area contributed by atoms with Crippen molar-refractivity contribution < 1.29 is 18.4 Å². The highest BCUT2D eigenvalue weighted by Gasteiger charge is 2.41. The summed E-state index contributed by atoms with van der Waals surface area (Å²) >= 11 is 1.12. The number of halogens is 2. The molecule has 0 saturated carbocycles. The second kappa shape index (κ2) is 10.4. The molecule has 10 heteroatoms. The molecule has 0 atom stereocenters. The topological polar surface area (TPSA) is 87.2 Å². The Bertz CT molecular complexity index is 1160. The second-order valence-corrected chi connectivity index (χ2v) is 8.71. The lowest BCUT2D eigenvalue weighted by Gasteiger charge is -2.16. The van der Waals surface area contributed by atoms with Crippen molar-refractivity contribution in [2.45, 2.75) is 12.8 Å². The number of benzene rings is 1. The molecule has 0 saturated heterocycles. The van der Waals surface area contributed by atoms with Crippen LogP contribution in [0.1, 0.15) is 10.4 Å². The van der Waals surface area contributed by atoms with Crippen molar-refractivity contribution in [2.24, 2.45) is 0 Å². The largest absolute Gasteiger partial charge is 0.350 e. The van der Waals surface area contributed by atoms with Gasteiger partial charge in [0, 0.05) is 41.0 Å². The molecule has 2 amide bonds. The predicted octanol–water partition coefficient (Wildman–Crippen LogP) is 4.30. The summed E-state index contributed by atoms with van der Waals surface area (Å²) in [5.41, 5.74) is 0.570. The molecule has 33 heavy (non-hydrogen) atoms. The summed E-state index contributed by atoms with van der Waals surface area (Å²) in [4.78, 5) is 34.9. The number of rotatable bonds is 8. The minimum absolute atomic E-state index is 0.117. The fourth-order valence-electron chi connectivity index (χ4n) is 2.79. The van der Waals surface area contributed by atoms with E-state index in [0.717, 1.165) is 16.2 Å². The maximum Gasteiger partial charge on any atom is 0.350 e. The first-order chi connectivity index (χ1) is 15.6. The van der Waals surface area contributed by atoms with Gasteiger partial charge in [-0.25, -0.2) is 9.97 Å². The van der Waals surface area contributed by atoms with E-state index < -0.39 is 17.4 Å². The first-order valence-electron chi connectivity index (χ1n) is 9.96. The number of hydrogen-bond donors (Lipinski definition) is 2. The molecule has 3 rings (SSSR count). The zero-order chi connectivity index (χ0) is 24.0. The van der Waals surface area contributed by atoms with Crippen LogP contribution in [0.15, 0.2) is 60.9 Å². The minimum atomic E-state index is -3.75. The van der Waals surface area contributed by atoms with Crippen LogP contribution in [-0.4, -0.2) is 47.3 Å². The van der Waals surface area contributed by atoms with Crippen molar-refractivity contribution in [1.82, 2.24) is 14.9 Å². The van der Waals surface area contributed by atoms with Crippen LogP contribution in [0.5, 0.6) is 0 Å². The average Bonchev–Trinajstić information content (AvgIpc) is 3.18. The third-order valence-corrected chi connectivity index (χ3v) is 5.27. The van der Waals surface area contributed by atoms with Gasteiger partial charge in [-0.3, -0.25) is 14.9 Å². The number of pyridine rings is 1. The number of alkyl halides is 2. The SMILES string of the molecule is Cc1cnc(NC(=O)C(F)(F)c2cccc(-c3ccc(NC(=O)C=CCN(C)C)nc3)c2)s1. The molecule has 0 fully saturated rings. The molecule has 1 aromatic carbocycles. The minimum Gasteiger partial charge on any atom is -0.307 e. The van der Waals surface area contributed by atoms with Gasteiger partial charge >= 0.3 is 11.8 Å². The van der Waals surface area contributed by atoms with Crippen molar-refractivity contribution >= 4 is 34.1 Å². The quantitative estimate of drug-likeness (QED) is 0.479. The van der Waals surface area contributed by atoms with Crippen LogP contribution in [0.25, 0.3) is 11.1 Å². The van der Waals surface area contributed by atoms with Crippen LogP contribution < -0.4 is 10.6 Å². The Hall–Kier alpha value is -3.50. The Morgan fingerprint density at radius 2 is 1.88 bits per heavy atom. The smallest absolute Gasteiger partial charge is 0.307 e. The molecular weight excluding hydrogens is 448 g/mol. The summed E-state index contributed by atoms with van der Waals surface area (Å²) in [6.45, 7) is 2.39. The Labute approximate surface area is 194 Å². The van der Waals surface area contributed by atoms with Crippen molar-refractivity contribution in [2.75, 3.05) is 31.3 Å². The molecule has 0 aliphatic rings. The number of amides is 2. The summed E-state index contributed by atoms with van der Waals surface area (Å²) in [5, 5.41) is 4.92. The number of thiazole rings is 1. The zero-order valence-corrected chi connectivity index (χ0v) is 19.1. The summed E-state index contributed by atoms with van der Waals surface area (Å²) in [7, 11) is 3.78. The van der Waals surface area contributed by atoms with Crippen LogP contribution in [0, 0.1) is 6.92 Å². The van der Waals surface area contributed by atoms with Crippen LogP contribution in [0.3, 0.4) is 0 Å². The van der Waals surface area contributed by atoms with E-state index >= 15 is 0 Å². The van der Waals surface area contributed by atoms with Crippen molar-refractivity contribution in [3.8, 4) is 11.1 Å². The van der Waals surface area contributed by atoms with Crippen molar-refractivity contribution in [3.63, 3.8) is 0 Å². The standard InChI is InChI=1S/C23H23F2N5O2S/c1-15-13-27-22(33-15)29-21(32)23(24,25)18-7-4-6-16(12-18)17-9-10-19(26-14-17)28-20(31)8-5-11-30(2)3/h4-10,12-14H,11H2,1-3H3,(H,26,28,31)(H,27,29,32). The summed E-state index contributed by atoms with van der Waals surface area (Å²) in [6.07, 6.45) is 6.10. The van der Waals surface area contributed by atoms with Crippen molar-refractivity contribution in [3.05, 3.63) is 71.4 Å². The third kappa shape index (κ3) is 6.50. The number of nitrogens with one attached hydrogen (secondary N) is 2. The van der Waals surface area contributed by atoms with Gasteiger partial charge in [-0.15, -0.1) is 11.3 Å².